The highest BCUT2D eigenvalue weighted by Gasteiger charge is 1.98. The Kier molecular flexibility index (Phi) is 3.02. The fourth-order valence-electron chi connectivity index (χ4n) is 1.34. The molecule has 0 bridgehead atoms. The van der Waals surface area contributed by atoms with Crippen LogP contribution in [0.1, 0.15) is 11.1 Å². The van der Waals surface area contributed by atoms with Gasteiger partial charge in [-0.1, -0.05) is 12.1 Å². The minimum absolute atomic E-state index is 0.222. The van der Waals surface area contributed by atoms with E-state index in [4.69, 9.17) is 11.6 Å². The summed E-state index contributed by atoms with van der Waals surface area (Å²) in [6.07, 6.45) is 3.62. The molecule has 1 aromatic carbocycles. The van der Waals surface area contributed by atoms with Gasteiger partial charge in [0.15, 0.2) is 0 Å². The molecule has 4 heteroatoms. The van der Waals surface area contributed by atoms with Crippen LogP contribution in [0.5, 0.6) is 0 Å². The number of hydrogen-bond donors (Lipinski definition) is 0. The quantitative estimate of drug-likeness (QED) is 0.734. The minimum atomic E-state index is -0.222. The summed E-state index contributed by atoms with van der Waals surface area (Å²) in [5.74, 6) is 0.240. The van der Waals surface area contributed by atoms with Crippen LogP contribution in [-0.4, -0.2) is 9.78 Å². The van der Waals surface area contributed by atoms with Crippen LogP contribution >= 0.6 is 11.6 Å². The van der Waals surface area contributed by atoms with Crippen LogP contribution in [0, 0.1) is 5.82 Å². The summed E-state index contributed by atoms with van der Waals surface area (Å²) in [6.45, 7) is 0.636. The van der Waals surface area contributed by atoms with Gasteiger partial charge in [-0.05, 0) is 17.7 Å². The number of rotatable bonds is 3. The SMILES string of the molecule is Fc1ccc(Cn2cc(CCl)cn2)cc1. The van der Waals surface area contributed by atoms with Crippen molar-refractivity contribution in [3.63, 3.8) is 0 Å². The van der Waals surface area contributed by atoms with E-state index in [1.165, 1.54) is 12.1 Å². The Balaban J connectivity index is 2.11. The molecule has 0 aliphatic carbocycles. The lowest BCUT2D eigenvalue weighted by Gasteiger charge is -2.01. The fraction of sp³-hybridized carbons (Fsp3) is 0.182. The summed E-state index contributed by atoms with van der Waals surface area (Å²) in [4.78, 5) is 0. The van der Waals surface area contributed by atoms with Gasteiger partial charge in [-0.3, -0.25) is 4.68 Å². The molecule has 0 saturated heterocycles. The molecule has 0 saturated carbocycles. The summed E-state index contributed by atoms with van der Waals surface area (Å²) in [6, 6.07) is 6.39. The highest BCUT2D eigenvalue weighted by molar-refractivity contribution is 6.17. The Morgan fingerprint density at radius 1 is 1.20 bits per heavy atom. The maximum Gasteiger partial charge on any atom is 0.123 e. The van der Waals surface area contributed by atoms with E-state index < -0.39 is 0 Å². The van der Waals surface area contributed by atoms with Crippen molar-refractivity contribution in [2.75, 3.05) is 0 Å². The molecule has 0 atom stereocenters. The number of nitrogens with zero attached hydrogens (tertiary/aromatic N) is 2. The predicted molar refractivity (Wildman–Crippen MR) is 57.3 cm³/mol. The van der Waals surface area contributed by atoms with E-state index in [-0.39, 0.29) is 5.82 Å². The van der Waals surface area contributed by atoms with Gasteiger partial charge in [0.25, 0.3) is 0 Å². The van der Waals surface area contributed by atoms with Gasteiger partial charge < -0.3 is 0 Å². The predicted octanol–water partition coefficient (Wildman–Crippen LogP) is 2.81. The van der Waals surface area contributed by atoms with Gasteiger partial charge in [-0.25, -0.2) is 4.39 Å². The molecule has 15 heavy (non-hydrogen) atoms. The van der Waals surface area contributed by atoms with Crippen molar-refractivity contribution in [1.29, 1.82) is 0 Å². The molecular formula is C11H10ClFN2. The molecule has 2 aromatic rings. The third-order valence-corrected chi connectivity index (χ3v) is 2.41. The van der Waals surface area contributed by atoms with Gasteiger partial charge >= 0.3 is 0 Å². The molecule has 1 heterocycles. The normalized spacial score (nSPS) is 10.5. The Morgan fingerprint density at radius 3 is 2.53 bits per heavy atom. The highest BCUT2D eigenvalue weighted by atomic mass is 35.5. The molecule has 1 aromatic heterocycles. The van der Waals surface area contributed by atoms with Crippen LogP contribution in [0.2, 0.25) is 0 Å². The molecule has 0 aliphatic heterocycles. The van der Waals surface area contributed by atoms with Crippen molar-refractivity contribution in [3.8, 4) is 0 Å². The third kappa shape index (κ3) is 2.57. The minimum Gasteiger partial charge on any atom is -0.268 e. The fourth-order valence-corrected chi connectivity index (χ4v) is 1.48. The zero-order valence-electron chi connectivity index (χ0n) is 8.03. The van der Waals surface area contributed by atoms with Crippen LogP contribution in [0.15, 0.2) is 36.7 Å². The zero-order chi connectivity index (χ0) is 10.7. The number of halogens is 2. The second kappa shape index (κ2) is 4.45. The smallest absolute Gasteiger partial charge is 0.123 e. The van der Waals surface area contributed by atoms with Gasteiger partial charge in [-0.15, -0.1) is 11.6 Å². The Bertz CT molecular complexity index is 436. The molecule has 0 N–H and O–H groups in total. The van der Waals surface area contributed by atoms with Crippen molar-refractivity contribution in [2.24, 2.45) is 0 Å². The van der Waals surface area contributed by atoms with E-state index in [1.54, 1.807) is 23.0 Å². The zero-order valence-corrected chi connectivity index (χ0v) is 8.78. The van der Waals surface area contributed by atoms with Gasteiger partial charge in [0.2, 0.25) is 0 Å². The second-order valence-corrected chi connectivity index (χ2v) is 3.57. The molecular weight excluding hydrogens is 215 g/mol. The Hall–Kier alpha value is -1.35. The first-order valence-electron chi connectivity index (χ1n) is 4.59. The molecule has 2 nitrogen and oxygen atoms in total. The van der Waals surface area contributed by atoms with Gasteiger partial charge in [0.05, 0.1) is 18.6 Å². The van der Waals surface area contributed by atoms with E-state index in [0.29, 0.717) is 12.4 Å². The second-order valence-electron chi connectivity index (χ2n) is 3.31. The van der Waals surface area contributed by atoms with Crippen LogP contribution in [0.4, 0.5) is 4.39 Å². The van der Waals surface area contributed by atoms with Crippen molar-refractivity contribution >= 4 is 11.6 Å². The van der Waals surface area contributed by atoms with Crippen molar-refractivity contribution in [3.05, 3.63) is 53.6 Å². The van der Waals surface area contributed by atoms with Crippen molar-refractivity contribution < 1.29 is 4.39 Å². The summed E-state index contributed by atoms with van der Waals surface area (Å²) in [7, 11) is 0. The van der Waals surface area contributed by atoms with Crippen LogP contribution in [0.3, 0.4) is 0 Å². The molecule has 0 aliphatic rings. The van der Waals surface area contributed by atoms with Crippen LogP contribution in [-0.2, 0) is 12.4 Å². The van der Waals surface area contributed by atoms with E-state index in [0.717, 1.165) is 11.1 Å². The maximum atomic E-state index is 12.6. The summed E-state index contributed by atoms with van der Waals surface area (Å²) in [5.41, 5.74) is 2.00. The number of benzene rings is 1. The average molecular weight is 225 g/mol. The topological polar surface area (TPSA) is 17.8 Å². The maximum absolute atomic E-state index is 12.6. The van der Waals surface area contributed by atoms with Gasteiger partial charge in [0.1, 0.15) is 5.82 Å². The first kappa shape index (κ1) is 10.2. The number of alkyl halides is 1. The first-order chi connectivity index (χ1) is 7.28. The summed E-state index contributed by atoms with van der Waals surface area (Å²) >= 11 is 5.66. The Morgan fingerprint density at radius 2 is 1.93 bits per heavy atom. The van der Waals surface area contributed by atoms with E-state index in [9.17, 15) is 4.39 Å². The van der Waals surface area contributed by atoms with Crippen LogP contribution in [0.25, 0.3) is 0 Å². The lowest BCUT2D eigenvalue weighted by molar-refractivity contribution is 0.624. The van der Waals surface area contributed by atoms with E-state index in [2.05, 4.69) is 5.10 Å². The van der Waals surface area contributed by atoms with Crippen LogP contribution < -0.4 is 0 Å². The summed E-state index contributed by atoms with van der Waals surface area (Å²) in [5, 5.41) is 4.14. The number of hydrogen-bond acceptors (Lipinski definition) is 1. The first-order valence-corrected chi connectivity index (χ1v) is 5.13. The highest BCUT2D eigenvalue weighted by Crippen LogP contribution is 2.07. The van der Waals surface area contributed by atoms with Crippen molar-refractivity contribution in [1.82, 2.24) is 9.78 Å². The summed E-state index contributed by atoms with van der Waals surface area (Å²) < 4.78 is 14.4. The number of aromatic nitrogens is 2. The third-order valence-electron chi connectivity index (χ3n) is 2.10. The lowest BCUT2D eigenvalue weighted by atomic mass is 10.2. The van der Waals surface area contributed by atoms with Gasteiger partial charge in [0, 0.05) is 11.8 Å². The molecule has 0 fully saturated rings. The largest absolute Gasteiger partial charge is 0.268 e. The molecule has 0 amide bonds. The van der Waals surface area contributed by atoms with E-state index in [1.807, 2.05) is 6.20 Å². The molecule has 2 rings (SSSR count). The molecule has 0 radical (unpaired) electrons. The van der Waals surface area contributed by atoms with Crippen molar-refractivity contribution in [2.45, 2.75) is 12.4 Å². The monoisotopic (exact) mass is 224 g/mol. The van der Waals surface area contributed by atoms with E-state index >= 15 is 0 Å². The molecule has 0 spiro atoms. The van der Waals surface area contributed by atoms with Gasteiger partial charge in [-0.2, -0.15) is 5.10 Å². The average Bonchev–Trinajstić information content (AvgIpc) is 2.69. The standard InChI is InChI=1S/C11H10ClFN2/c12-5-10-6-14-15(8-10)7-9-1-3-11(13)4-2-9/h1-4,6,8H,5,7H2. The lowest BCUT2D eigenvalue weighted by Crippen LogP contribution is -1.99. The molecule has 0 unspecified atom stereocenters. The Labute approximate surface area is 92.3 Å². The molecule has 78 valence electrons.